The van der Waals surface area contributed by atoms with Crippen molar-refractivity contribution in [3.05, 3.63) is 42.0 Å². The molecule has 0 saturated carbocycles. The predicted molar refractivity (Wildman–Crippen MR) is 74.3 cm³/mol. The van der Waals surface area contributed by atoms with Crippen LogP contribution >= 0.6 is 11.8 Å². The van der Waals surface area contributed by atoms with E-state index in [0.29, 0.717) is 5.25 Å². The van der Waals surface area contributed by atoms with E-state index < -0.39 is 0 Å². The van der Waals surface area contributed by atoms with Gasteiger partial charge in [-0.15, -0.1) is 18.3 Å². The largest absolute Gasteiger partial charge is 0.312 e. The Morgan fingerprint density at radius 1 is 1.44 bits per heavy atom. The Balaban J connectivity index is 2.49. The van der Waals surface area contributed by atoms with Gasteiger partial charge in [-0.3, -0.25) is 0 Å². The molecule has 2 heteroatoms. The average Bonchev–Trinajstić information content (AvgIpc) is 2.23. The van der Waals surface area contributed by atoms with Crippen molar-refractivity contribution in [3.63, 3.8) is 0 Å². The Morgan fingerprint density at radius 3 is 2.81 bits per heavy atom. The van der Waals surface area contributed by atoms with Crippen LogP contribution in [-0.2, 0) is 0 Å². The summed E-state index contributed by atoms with van der Waals surface area (Å²) in [6, 6.07) is 6.64. The molecule has 16 heavy (non-hydrogen) atoms. The minimum Gasteiger partial charge on any atom is -0.312 e. The zero-order valence-corrected chi connectivity index (χ0v) is 11.2. The van der Waals surface area contributed by atoms with Gasteiger partial charge in [-0.1, -0.05) is 30.7 Å². The van der Waals surface area contributed by atoms with E-state index in [1.165, 1.54) is 16.0 Å². The molecule has 0 radical (unpaired) electrons. The van der Waals surface area contributed by atoms with Crippen molar-refractivity contribution in [1.29, 1.82) is 0 Å². The highest BCUT2D eigenvalue weighted by atomic mass is 32.2. The fourth-order valence-electron chi connectivity index (χ4n) is 1.58. The van der Waals surface area contributed by atoms with Crippen LogP contribution in [0.5, 0.6) is 0 Å². The fourth-order valence-corrected chi connectivity index (χ4v) is 2.60. The SMILES string of the molecule is C=CCNCC(C)Sc1ccc(C)cc1C. The van der Waals surface area contributed by atoms with E-state index in [-0.39, 0.29) is 0 Å². The molecule has 0 spiro atoms. The second-order valence-corrected chi connectivity index (χ2v) is 5.62. The first-order valence-corrected chi connectivity index (χ1v) is 6.57. The van der Waals surface area contributed by atoms with E-state index in [4.69, 9.17) is 0 Å². The highest BCUT2D eigenvalue weighted by molar-refractivity contribution is 8.00. The van der Waals surface area contributed by atoms with Crippen LogP contribution in [0.1, 0.15) is 18.1 Å². The van der Waals surface area contributed by atoms with Crippen LogP contribution in [0.15, 0.2) is 35.7 Å². The van der Waals surface area contributed by atoms with Crippen LogP contribution in [0.25, 0.3) is 0 Å². The molecule has 0 aliphatic rings. The molecule has 0 fully saturated rings. The molecule has 88 valence electrons. The zero-order valence-electron chi connectivity index (χ0n) is 10.4. The fraction of sp³-hybridized carbons (Fsp3) is 0.429. The summed E-state index contributed by atoms with van der Waals surface area (Å²) in [6.45, 7) is 12.2. The van der Waals surface area contributed by atoms with E-state index >= 15 is 0 Å². The molecule has 0 aromatic heterocycles. The van der Waals surface area contributed by atoms with Crippen molar-refractivity contribution < 1.29 is 0 Å². The molecule has 1 rings (SSSR count). The Hall–Kier alpha value is -0.730. The molecular formula is C14H21NS. The highest BCUT2D eigenvalue weighted by Crippen LogP contribution is 2.26. The van der Waals surface area contributed by atoms with Gasteiger partial charge < -0.3 is 5.32 Å². The van der Waals surface area contributed by atoms with Crippen LogP contribution in [0.4, 0.5) is 0 Å². The molecule has 1 aromatic carbocycles. The van der Waals surface area contributed by atoms with E-state index in [0.717, 1.165) is 13.1 Å². The van der Waals surface area contributed by atoms with Gasteiger partial charge in [-0.25, -0.2) is 0 Å². The van der Waals surface area contributed by atoms with Crippen LogP contribution in [0.3, 0.4) is 0 Å². The molecule has 1 atom stereocenters. The number of hydrogen-bond acceptors (Lipinski definition) is 2. The summed E-state index contributed by atoms with van der Waals surface area (Å²) in [7, 11) is 0. The minimum atomic E-state index is 0.585. The zero-order chi connectivity index (χ0) is 12.0. The quantitative estimate of drug-likeness (QED) is 0.460. The maximum absolute atomic E-state index is 3.70. The van der Waals surface area contributed by atoms with Crippen molar-refractivity contribution in [2.45, 2.75) is 30.9 Å². The summed E-state index contributed by atoms with van der Waals surface area (Å²) >= 11 is 1.93. The van der Waals surface area contributed by atoms with Gasteiger partial charge in [0.05, 0.1) is 0 Å². The van der Waals surface area contributed by atoms with Gasteiger partial charge in [-0.2, -0.15) is 0 Å². The second kappa shape index (κ2) is 6.77. The van der Waals surface area contributed by atoms with Gasteiger partial charge in [0.2, 0.25) is 0 Å². The number of aryl methyl sites for hydroxylation is 2. The summed E-state index contributed by atoms with van der Waals surface area (Å²) in [4.78, 5) is 1.39. The van der Waals surface area contributed by atoms with E-state index in [1.807, 2.05) is 17.8 Å². The monoisotopic (exact) mass is 235 g/mol. The Labute approximate surface area is 103 Å². The highest BCUT2D eigenvalue weighted by Gasteiger charge is 2.05. The molecule has 0 aliphatic heterocycles. The number of rotatable bonds is 6. The first-order valence-electron chi connectivity index (χ1n) is 5.69. The van der Waals surface area contributed by atoms with Gasteiger partial charge in [0.15, 0.2) is 0 Å². The lowest BCUT2D eigenvalue weighted by Crippen LogP contribution is -2.22. The van der Waals surface area contributed by atoms with Crippen molar-refractivity contribution in [2.24, 2.45) is 0 Å². The second-order valence-electron chi connectivity index (χ2n) is 4.14. The third-order valence-corrected chi connectivity index (χ3v) is 3.66. The molecule has 0 saturated heterocycles. The molecule has 1 unspecified atom stereocenters. The normalized spacial score (nSPS) is 12.4. The van der Waals surface area contributed by atoms with Crippen LogP contribution in [0.2, 0.25) is 0 Å². The van der Waals surface area contributed by atoms with Gasteiger partial charge in [0, 0.05) is 23.2 Å². The van der Waals surface area contributed by atoms with Crippen LogP contribution in [-0.4, -0.2) is 18.3 Å². The summed E-state index contributed by atoms with van der Waals surface area (Å²) < 4.78 is 0. The molecule has 0 heterocycles. The van der Waals surface area contributed by atoms with Crippen molar-refractivity contribution >= 4 is 11.8 Å². The first-order chi connectivity index (χ1) is 7.63. The van der Waals surface area contributed by atoms with Gasteiger partial charge in [0.1, 0.15) is 0 Å². The molecule has 1 nitrogen and oxygen atoms in total. The third kappa shape index (κ3) is 4.42. The topological polar surface area (TPSA) is 12.0 Å². The summed E-state index contributed by atoms with van der Waals surface area (Å²) in [6.07, 6.45) is 1.90. The third-order valence-electron chi connectivity index (χ3n) is 2.38. The molecule has 0 bridgehead atoms. The van der Waals surface area contributed by atoms with Crippen molar-refractivity contribution in [3.8, 4) is 0 Å². The Bertz CT molecular complexity index is 347. The molecule has 1 aromatic rings. The van der Waals surface area contributed by atoms with Crippen LogP contribution in [0, 0.1) is 13.8 Å². The summed E-state index contributed by atoms with van der Waals surface area (Å²) in [5, 5.41) is 3.93. The smallest absolute Gasteiger partial charge is 0.0191 e. The molecule has 0 aliphatic carbocycles. The van der Waals surface area contributed by atoms with Crippen molar-refractivity contribution in [1.82, 2.24) is 5.32 Å². The number of benzene rings is 1. The molecule has 0 amide bonds. The first kappa shape index (κ1) is 13.3. The average molecular weight is 235 g/mol. The standard InChI is InChI=1S/C14H21NS/c1-5-8-15-10-13(4)16-14-7-6-11(2)9-12(14)3/h5-7,9,13,15H,1,8,10H2,2-4H3. The number of hydrogen-bond donors (Lipinski definition) is 1. The Kier molecular flexibility index (Phi) is 5.64. The number of nitrogens with one attached hydrogen (secondary N) is 1. The lowest BCUT2D eigenvalue weighted by Gasteiger charge is -2.13. The minimum absolute atomic E-state index is 0.585. The summed E-state index contributed by atoms with van der Waals surface area (Å²) in [5.74, 6) is 0. The number of thioether (sulfide) groups is 1. The lowest BCUT2D eigenvalue weighted by atomic mass is 10.2. The molecular weight excluding hydrogens is 214 g/mol. The van der Waals surface area contributed by atoms with E-state index in [1.54, 1.807) is 0 Å². The van der Waals surface area contributed by atoms with Gasteiger partial charge in [0.25, 0.3) is 0 Å². The maximum Gasteiger partial charge on any atom is 0.0191 e. The predicted octanol–water partition coefficient (Wildman–Crippen LogP) is 3.56. The van der Waals surface area contributed by atoms with Crippen molar-refractivity contribution in [2.75, 3.05) is 13.1 Å². The molecule has 1 N–H and O–H groups in total. The summed E-state index contributed by atoms with van der Waals surface area (Å²) in [5.41, 5.74) is 2.71. The van der Waals surface area contributed by atoms with E-state index in [9.17, 15) is 0 Å². The van der Waals surface area contributed by atoms with E-state index in [2.05, 4.69) is 50.9 Å². The Morgan fingerprint density at radius 2 is 2.19 bits per heavy atom. The van der Waals surface area contributed by atoms with Crippen LogP contribution < -0.4 is 5.32 Å². The van der Waals surface area contributed by atoms with Gasteiger partial charge >= 0.3 is 0 Å². The van der Waals surface area contributed by atoms with Gasteiger partial charge in [-0.05, 0) is 25.5 Å². The maximum atomic E-state index is 3.70. The lowest BCUT2D eigenvalue weighted by molar-refractivity contribution is 0.740.